The molecule has 0 bridgehead atoms. The minimum absolute atomic E-state index is 0.0444. The van der Waals surface area contributed by atoms with E-state index in [-0.39, 0.29) is 29.4 Å². The molecule has 1 amide bonds. The van der Waals surface area contributed by atoms with E-state index >= 15 is 0 Å². The number of amides is 1. The predicted molar refractivity (Wildman–Crippen MR) is 154 cm³/mol. The molecule has 0 unspecified atom stereocenters. The average molecular weight is 564 g/mol. The summed E-state index contributed by atoms with van der Waals surface area (Å²) >= 11 is 6.68. The number of hydrogen-bond acceptors (Lipinski definition) is 8. The van der Waals surface area contributed by atoms with Gasteiger partial charge in [-0.15, -0.1) is 0 Å². The van der Waals surface area contributed by atoms with E-state index in [1.165, 1.54) is 22.7 Å². The molecule has 0 saturated carbocycles. The Hall–Kier alpha value is -3.88. The van der Waals surface area contributed by atoms with Crippen LogP contribution in [0.4, 0.5) is 15.9 Å². The first kappa shape index (κ1) is 26.7. The van der Waals surface area contributed by atoms with Crippen molar-refractivity contribution >= 4 is 51.8 Å². The van der Waals surface area contributed by atoms with Crippen molar-refractivity contribution in [2.24, 2.45) is 0 Å². The lowest BCUT2D eigenvalue weighted by Gasteiger charge is -2.39. The van der Waals surface area contributed by atoms with Crippen LogP contribution in [0.25, 0.3) is 6.08 Å². The standard InChI is InChI=1S/C28H26FN5O3S2/c1-3-33-25(32-12-10-31(11-13-32)23-9-5-4-8-22(23)29)20(18(2)21(16-30)26(33)35)15-24-27(36)34(28(38)39-24)17-19-7-6-14-37-19/h4-9,14-15H,3,10-13,17H2,1-2H3. The van der Waals surface area contributed by atoms with Crippen LogP contribution in [0.2, 0.25) is 0 Å². The molecule has 2 aromatic heterocycles. The molecule has 0 radical (unpaired) electrons. The molecule has 2 aliphatic heterocycles. The number of carbonyl (C=O) groups is 1. The highest BCUT2D eigenvalue weighted by Gasteiger charge is 2.34. The van der Waals surface area contributed by atoms with Crippen LogP contribution in [0.1, 0.15) is 29.4 Å². The number of para-hydroxylation sites is 1. The number of pyridine rings is 1. The van der Waals surface area contributed by atoms with Gasteiger partial charge in [-0.05, 0) is 49.8 Å². The van der Waals surface area contributed by atoms with Gasteiger partial charge in [0.15, 0.2) is 0 Å². The number of nitrogens with zero attached hydrogens (tertiary/aromatic N) is 5. The summed E-state index contributed by atoms with van der Waals surface area (Å²) in [7, 11) is 0. The quantitative estimate of drug-likeness (QED) is 0.320. The van der Waals surface area contributed by atoms with Crippen molar-refractivity contribution in [2.45, 2.75) is 26.9 Å². The molecule has 5 rings (SSSR count). The van der Waals surface area contributed by atoms with Crippen molar-refractivity contribution in [2.75, 3.05) is 36.0 Å². The third-order valence-corrected chi connectivity index (χ3v) is 8.36. The molecule has 11 heteroatoms. The minimum atomic E-state index is -0.369. The maximum Gasteiger partial charge on any atom is 0.270 e. The van der Waals surface area contributed by atoms with Gasteiger partial charge >= 0.3 is 0 Å². The molecule has 4 heterocycles. The Balaban J connectivity index is 1.53. The van der Waals surface area contributed by atoms with Gasteiger partial charge in [-0.25, -0.2) is 4.39 Å². The zero-order valence-electron chi connectivity index (χ0n) is 21.5. The van der Waals surface area contributed by atoms with Crippen molar-refractivity contribution in [3.05, 3.63) is 86.2 Å². The van der Waals surface area contributed by atoms with E-state index in [9.17, 15) is 19.2 Å². The molecule has 200 valence electrons. The van der Waals surface area contributed by atoms with Crippen LogP contribution in [0.15, 0.2) is 56.8 Å². The summed E-state index contributed by atoms with van der Waals surface area (Å²) in [4.78, 5) is 32.6. The van der Waals surface area contributed by atoms with Crippen molar-refractivity contribution in [1.29, 1.82) is 5.26 Å². The number of hydrogen-bond donors (Lipinski definition) is 0. The van der Waals surface area contributed by atoms with Gasteiger partial charge < -0.3 is 14.2 Å². The van der Waals surface area contributed by atoms with Crippen LogP contribution in [0.3, 0.4) is 0 Å². The molecule has 2 saturated heterocycles. The third kappa shape index (κ3) is 4.97. The zero-order valence-corrected chi connectivity index (χ0v) is 23.1. The molecular weight excluding hydrogens is 537 g/mol. The van der Waals surface area contributed by atoms with Crippen LogP contribution in [0.5, 0.6) is 0 Å². The van der Waals surface area contributed by atoms with Crippen LogP contribution < -0.4 is 15.4 Å². The van der Waals surface area contributed by atoms with Crippen molar-refractivity contribution in [1.82, 2.24) is 9.47 Å². The highest BCUT2D eigenvalue weighted by atomic mass is 32.2. The Labute approximate surface area is 234 Å². The Morgan fingerprint density at radius 1 is 1.13 bits per heavy atom. The topological polar surface area (TPSA) is 85.7 Å². The Kier molecular flexibility index (Phi) is 7.59. The number of carbonyl (C=O) groups excluding carboxylic acids is 1. The summed E-state index contributed by atoms with van der Waals surface area (Å²) in [5.41, 5.74) is 1.36. The Morgan fingerprint density at radius 3 is 2.49 bits per heavy atom. The summed E-state index contributed by atoms with van der Waals surface area (Å²) in [6.07, 6.45) is 3.28. The van der Waals surface area contributed by atoms with Gasteiger partial charge in [0.2, 0.25) is 0 Å². The first-order chi connectivity index (χ1) is 18.8. The van der Waals surface area contributed by atoms with E-state index in [0.29, 0.717) is 70.3 Å². The zero-order chi connectivity index (χ0) is 27.7. The number of anilines is 2. The summed E-state index contributed by atoms with van der Waals surface area (Å²) < 4.78 is 21.8. The molecule has 1 aromatic carbocycles. The fourth-order valence-corrected chi connectivity index (χ4v) is 6.21. The van der Waals surface area contributed by atoms with Gasteiger partial charge in [-0.1, -0.05) is 36.1 Å². The second-order valence-corrected chi connectivity index (χ2v) is 10.8. The SMILES string of the molecule is CCn1c(N2CCN(c3ccccc3F)CC2)c(C=C2SC(=S)N(Cc3ccco3)C2=O)c(C)c(C#N)c1=O. The molecular formula is C28H26FN5O3S2. The van der Waals surface area contributed by atoms with E-state index in [0.717, 1.165) is 0 Å². The van der Waals surface area contributed by atoms with Crippen LogP contribution in [-0.4, -0.2) is 45.9 Å². The summed E-state index contributed by atoms with van der Waals surface area (Å²) in [6, 6.07) is 12.3. The largest absolute Gasteiger partial charge is 0.467 e. The third-order valence-electron chi connectivity index (χ3n) is 6.98. The minimum Gasteiger partial charge on any atom is -0.467 e. The van der Waals surface area contributed by atoms with Gasteiger partial charge in [-0.3, -0.25) is 19.1 Å². The van der Waals surface area contributed by atoms with Gasteiger partial charge in [0.25, 0.3) is 11.5 Å². The van der Waals surface area contributed by atoms with Crippen LogP contribution in [0, 0.1) is 24.1 Å². The van der Waals surface area contributed by atoms with Crippen LogP contribution in [-0.2, 0) is 17.9 Å². The van der Waals surface area contributed by atoms with Crippen molar-refractivity contribution < 1.29 is 13.6 Å². The molecule has 2 aliphatic rings. The van der Waals surface area contributed by atoms with Gasteiger partial charge in [0.05, 0.1) is 23.4 Å². The maximum absolute atomic E-state index is 14.4. The fourth-order valence-electron chi connectivity index (χ4n) is 4.97. The van der Waals surface area contributed by atoms with E-state index in [1.807, 2.05) is 17.9 Å². The smallest absolute Gasteiger partial charge is 0.270 e. The van der Waals surface area contributed by atoms with E-state index in [1.54, 1.807) is 48.1 Å². The fraction of sp³-hybridized carbons (Fsp3) is 0.286. The molecule has 8 nitrogen and oxygen atoms in total. The van der Waals surface area contributed by atoms with Crippen LogP contribution >= 0.6 is 24.0 Å². The summed E-state index contributed by atoms with van der Waals surface area (Å²) in [5, 5.41) is 9.82. The molecule has 0 spiro atoms. The van der Waals surface area contributed by atoms with Gasteiger partial charge in [0, 0.05) is 38.3 Å². The average Bonchev–Trinajstić information content (AvgIpc) is 3.55. The number of rotatable bonds is 6. The van der Waals surface area contributed by atoms with E-state index in [2.05, 4.69) is 11.0 Å². The molecule has 0 N–H and O–H groups in total. The lowest BCUT2D eigenvalue weighted by Crippen LogP contribution is -2.49. The molecule has 39 heavy (non-hydrogen) atoms. The number of piperazine rings is 1. The van der Waals surface area contributed by atoms with E-state index < -0.39 is 0 Å². The van der Waals surface area contributed by atoms with Crippen molar-refractivity contribution in [3.8, 4) is 6.07 Å². The maximum atomic E-state index is 14.4. The van der Waals surface area contributed by atoms with Gasteiger partial charge in [-0.2, -0.15) is 5.26 Å². The number of thiocarbonyl (C=S) groups is 1. The number of halogens is 1. The number of nitriles is 1. The molecule has 2 fully saturated rings. The lowest BCUT2D eigenvalue weighted by atomic mass is 10.0. The second-order valence-electron chi connectivity index (χ2n) is 9.17. The molecule has 0 atom stereocenters. The number of benzene rings is 1. The summed E-state index contributed by atoms with van der Waals surface area (Å²) in [6.45, 7) is 6.29. The summed E-state index contributed by atoms with van der Waals surface area (Å²) in [5.74, 6) is 0.721. The number of furan rings is 1. The van der Waals surface area contributed by atoms with Gasteiger partial charge in [0.1, 0.15) is 33.3 Å². The molecule has 3 aromatic rings. The number of aromatic nitrogens is 1. The monoisotopic (exact) mass is 563 g/mol. The Morgan fingerprint density at radius 2 is 1.85 bits per heavy atom. The second kappa shape index (κ2) is 11.1. The van der Waals surface area contributed by atoms with Crippen molar-refractivity contribution in [3.63, 3.8) is 0 Å². The Bertz CT molecular complexity index is 1570. The number of thioether (sulfide) groups is 1. The highest BCUT2D eigenvalue weighted by molar-refractivity contribution is 8.26. The van der Waals surface area contributed by atoms with E-state index in [4.69, 9.17) is 16.6 Å². The first-order valence-electron chi connectivity index (χ1n) is 12.5. The molecule has 0 aliphatic carbocycles. The highest BCUT2D eigenvalue weighted by Crippen LogP contribution is 2.37. The predicted octanol–water partition coefficient (Wildman–Crippen LogP) is 4.51. The lowest BCUT2D eigenvalue weighted by molar-refractivity contribution is -0.122. The normalized spacial score (nSPS) is 16.9. The first-order valence-corrected chi connectivity index (χ1v) is 13.8.